The van der Waals surface area contributed by atoms with Gasteiger partial charge in [-0.15, -0.1) is 0 Å². The largest absolute Gasteiger partial charge is 0.466 e. The molecule has 172 valence electrons. The number of esters is 1. The number of piperidine rings is 1. The van der Waals surface area contributed by atoms with E-state index in [0.29, 0.717) is 55.6 Å². The molecule has 32 heavy (non-hydrogen) atoms. The van der Waals surface area contributed by atoms with Crippen molar-refractivity contribution in [3.8, 4) is 11.3 Å². The molecule has 1 aliphatic rings. The molecule has 2 aromatic rings. The minimum atomic E-state index is -0.197. The molecule has 1 aromatic heterocycles. The summed E-state index contributed by atoms with van der Waals surface area (Å²) in [7, 11) is 1.61. The van der Waals surface area contributed by atoms with Crippen molar-refractivity contribution in [2.75, 3.05) is 33.3 Å². The molecule has 0 unspecified atom stereocenters. The summed E-state index contributed by atoms with van der Waals surface area (Å²) < 4.78 is 10.8. The predicted octanol–water partition coefficient (Wildman–Crippen LogP) is 3.19. The van der Waals surface area contributed by atoms with Gasteiger partial charge in [-0.1, -0.05) is 11.6 Å². The average Bonchev–Trinajstić information content (AvgIpc) is 3.27. The lowest BCUT2D eigenvalue weighted by atomic mass is 9.97. The van der Waals surface area contributed by atoms with Gasteiger partial charge >= 0.3 is 5.97 Å². The van der Waals surface area contributed by atoms with Gasteiger partial charge in [0.05, 0.1) is 25.3 Å². The molecular weight excluding hydrogens is 434 g/mol. The zero-order valence-electron chi connectivity index (χ0n) is 18.4. The Morgan fingerprint density at radius 3 is 2.56 bits per heavy atom. The van der Waals surface area contributed by atoms with Gasteiger partial charge in [-0.05, 0) is 44.0 Å². The molecule has 1 saturated heterocycles. The fourth-order valence-electron chi connectivity index (χ4n) is 3.59. The second kappa shape index (κ2) is 11.1. The average molecular weight is 462 g/mol. The fraction of sp³-hybridized carbons (Fsp3) is 0.478. The number of benzene rings is 1. The number of oxazole rings is 1. The highest BCUT2D eigenvalue weighted by Crippen LogP contribution is 2.23. The molecule has 1 aliphatic heterocycles. The zero-order valence-corrected chi connectivity index (χ0v) is 19.1. The normalized spacial score (nSPS) is 14.3. The van der Waals surface area contributed by atoms with Crippen LogP contribution in [0.5, 0.6) is 0 Å². The van der Waals surface area contributed by atoms with Crippen molar-refractivity contribution < 1.29 is 23.5 Å². The summed E-state index contributed by atoms with van der Waals surface area (Å²) in [5, 5.41) is 0.639. The van der Waals surface area contributed by atoms with Crippen molar-refractivity contribution in [3.05, 3.63) is 41.4 Å². The van der Waals surface area contributed by atoms with E-state index >= 15 is 0 Å². The molecule has 1 fully saturated rings. The van der Waals surface area contributed by atoms with Gasteiger partial charge in [0.1, 0.15) is 0 Å². The van der Waals surface area contributed by atoms with Crippen molar-refractivity contribution in [2.24, 2.45) is 5.92 Å². The van der Waals surface area contributed by atoms with Crippen LogP contribution in [-0.2, 0) is 25.5 Å². The van der Waals surface area contributed by atoms with Crippen LogP contribution in [0.1, 0.15) is 32.1 Å². The maximum absolute atomic E-state index is 12.5. The van der Waals surface area contributed by atoms with E-state index in [1.165, 1.54) is 4.90 Å². The topological polar surface area (TPSA) is 93.0 Å². The predicted molar refractivity (Wildman–Crippen MR) is 119 cm³/mol. The number of likely N-dealkylation sites (tertiary alicyclic amines) is 1. The van der Waals surface area contributed by atoms with Gasteiger partial charge in [0.25, 0.3) is 0 Å². The molecule has 1 aromatic carbocycles. The maximum atomic E-state index is 12.5. The molecule has 0 N–H and O–H groups in total. The van der Waals surface area contributed by atoms with Crippen LogP contribution in [0.15, 0.2) is 34.9 Å². The van der Waals surface area contributed by atoms with Crippen molar-refractivity contribution >= 4 is 29.4 Å². The minimum absolute atomic E-state index is 0.00448. The van der Waals surface area contributed by atoms with E-state index in [1.807, 2.05) is 12.1 Å². The first-order valence-electron chi connectivity index (χ1n) is 10.8. The third kappa shape index (κ3) is 6.32. The summed E-state index contributed by atoms with van der Waals surface area (Å²) in [5.41, 5.74) is 0.855. The quantitative estimate of drug-likeness (QED) is 0.560. The third-order valence-electron chi connectivity index (χ3n) is 5.50. The molecule has 0 radical (unpaired) electrons. The van der Waals surface area contributed by atoms with E-state index in [-0.39, 0.29) is 36.7 Å². The molecule has 0 spiro atoms. The molecule has 0 saturated carbocycles. The number of hydrogen-bond acceptors (Lipinski definition) is 6. The van der Waals surface area contributed by atoms with E-state index in [9.17, 15) is 14.4 Å². The van der Waals surface area contributed by atoms with Crippen LogP contribution in [0.4, 0.5) is 0 Å². The number of aryl methyl sites for hydroxylation is 1. The molecule has 0 bridgehead atoms. The number of likely N-dealkylation sites (N-methyl/N-ethyl adjacent to an activating group) is 1. The zero-order chi connectivity index (χ0) is 23.1. The number of carbonyl (C=O) groups is 3. The van der Waals surface area contributed by atoms with E-state index in [2.05, 4.69) is 4.98 Å². The number of amides is 2. The van der Waals surface area contributed by atoms with E-state index < -0.39 is 0 Å². The van der Waals surface area contributed by atoms with Gasteiger partial charge in [-0.25, -0.2) is 4.98 Å². The van der Waals surface area contributed by atoms with Crippen molar-refractivity contribution in [1.82, 2.24) is 14.8 Å². The standard InChI is InChI=1S/C23H28ClN3O5/c1-3-31-23(30)17-10-12-27(13-11-17)22(29)15-26(2)21(28)9-8-20-25-14-19(32-20)16-4-6-18(24)7-5-16/h4-7,14,17H,3,8-13,15H2,1-2H3. The Kier molecular flexibility index (Phi) is 8.27. The number of carbonyl (C=O) groups excluding carboxylic acids is 3. The molecule has 2 amide bonds. The van der Waals surface area contributed by atoms with Crippen LogP contribution >= 0.6 is 11.6 Å². The van der Waals surface area contributed by atoms with Crippen LogP contribution in [0.2, 0.25) is 5.02 Å². The molecule has 3 rings (SSSR count). The first kappa shape index (κ1) is 23.8. The number of ether oxygens (including phenoxy) is 1. The smallest absolute Gasteiger partial charge is 0.309 e. The fourth-order valence-corrected chi connectivity index (χ4v) is 3.72. The Bertz CT molecular complexity index is 935. The van der Waals surface area contributed by atoms with Crippen molar-refractivity contribution in [3.63, 3.8) is 0 Å². The lowest BCUT2D eigenvalue weighted by Crippen LogP contribution is -2.45. The van der Waals surface area contributed by atoms with Gasteiger partial charge in [0, 0.05) is 43.6 Å². The minimum Gasteiger partial charge on any atom is -0.466 e. The van der Waals surface area contributed by atoms with Gasteiger partial charge < -0.3 is 19.0 Å². The van der Waals surface area contributed by atoms with Gasteiger partial charge in [0.15, 0.2) is 11.7 Å². The van der Waals surface area contributed by atoms with Gasteiger partial charge in [0.2, 0.25) is 11.8 Å². The van der Waals surface area contributed by atoms with Gasteiger partial charge in [-0.2, -0.15) is 0 Å². The number of hydrogen-bond donors (Lipinski definition) is 0. The molecular formula is C23H28ClN3O5. The highest BCUT2D eigenvalue weighted by atomic mass is 35.5. The van der Waals surface area contributed by atoms with Gasteiger partial charge in [-0.3, -0.25) is 14.4 Å². The Hall–Kier alpha value is -2.87. The van der Waals surface area contributed by atoms with Crippen LogP contribution in [-0.4, -0.2) is 65.9 Å². The van der Waals surface area contributed by atoms with E-state index in [1.54, 1.807) is 37.2 Å². The Morgan fingerprint density at radius 2 is 1.91 bits per heavy atom. The van der Waals surface area contributed by atoms with E-state index in [4.69, 9.17) is 20.8 Å². The summed E-state index contributed by atoms with van der Waals surface area (Å²) in [6, 6.07) is 7.22. The number of aromatic nitrogens is 1. The SMILES string of the molecule is CCOC(=O)C1CCN(C(=O)CN(C)C(=O)CCc2ncc(-c3ccc(Cl)cc3)o2)CC1. The Labute approximate surface area is 192 Å². The summed E-state index contributed by atoms with van der Waals surface area (Å²) in [6.45, 7) is 3.14. The lowest BCUT2D eigenvalue weighted by molar-refractivity contribution is -0.151. The highest BCUT2D eigenvalue weighted by molar-refractivity contribution is 6.30. The third-order valence-corrected chi connectivity index (χ3v) is 5.75. The molecule has 0 aliphatic carbocycles. The highest BCUT2D eigenvalue weighted by Gasteiger charge is 2.29. The summed E-state index contributed by atoms with van der Waals surface area (Å²) >= 11 is 5.90. The molecule has 0 atom stereocenters. The molecule has 2 heterocycles. The summed E-state index contributed by atoms with van der Waals surface area (Å²) in [5.74, 6) is 0.438. The number of rotatable bonds is 8. The molecule has 9 heteroatoms. The Balaban J connectivity index is 1.43. The summed E-state index contributed by atoms with van der Waals surface area (Å²) in [6.07, 6.45) is 3.33. The second-order valence-corrected chi connectivity index (χ2v) is 8.22. The number of nitrogens with zero attached hydrogens (tertiary/aromatic N) is 3. The maximum Gasteiger partial charge on any atom is 0.309 e. The van der Waals surface area contributed by atoms with Crippen LogP contribution < -0.4 is 0 Å². The first-order chi connectivity index (χ1) is 15.4. The van der Waals surface area contributed by atoms with Crippen LogP contribution in [0, 0.1) is 5.92 Å². The molecule has 8 nitrogen and oxygen atoms in total. The van der Waals surface area contributed by atoms with Crippen LogP contribution in [0.25, 0.3) is 11.3 Å². The summed E-state index contributed by atoms with van der Waals surface area (Å²) in [4.78, 5) is 44.2. The monoisotopic (exact) mass is 461 g/mol. The lowest BCUT2D eigenvalue weighted by Gasteiger charge is -2.32. The van der Waals surface area contributed by atoms with Crippen molar-refractivity contribution in [1.29, 1.82) is 0 Å². The Morgan fingerprint density at radius 1 is 1.22 bits per heavy atom. The first-order valence-corrected chi connectivity index (χ1v) is 11.1. The second-order valence-electron chi connectivity index (χ2n) is 7.78. The number of halogens is 1. The van der Waals surface area contributed by atoms with E-state index in [0.717, 1.165) is 5.56 Å². The van der Waals surface area contributed by atoms with Crippen LogP contribution in [0.3, 0.4) is 0 Å². The van der Waals surface area contributed by atoms with Crippen molar-refractivity contribution in [2.45, 2.75) is 32.6 Å².